The Balaban J connectivity index is 1.38. The fraction of sp³-hybridized carbons (Fsp3) is 0.519. The molecule has 5 rings (SSSR count). The van der Waals surface area contributed by atoms with Gasteiger partial charge in [0.15, 0.2) is 0 Å². The van der Waals surface area contributed by atoms with E-state index in [0.717, 1.165) is 77.7 Å². The second-order valence-corrected chi connectivity index (χ2v) is 12.2. The van der Waals surface area contributed by atoms with Crippen molar-refractivity contribution in [2.24, 2.45) is 11.8 Å². The third kappa shape index (κ3) is 5.01. The Bertz CT molecular complexity index is 1110. The summed E-state index contributed by atoms with van der Waals surface area (Å²) in [5.41, 5.74) is 5.03. The molecule has 0 N–H and O–H groups in total. The summed E-state index contributed by atoms with van der Waals surface area (Å²) in [6, 6.07) is 6.31. The highest BCUT2D eigenvalue weighted by molar-refractivity contribution is 9.10. The van der Waals surface area contributed by atoms with Gasteiger partial charge in [0.1, 0.15) is 5.78 Å². The largest absolute Gasteiger partial charge is 0.343 e. The summed E-state index contributed by atoms with van der Waals surface area (Å²) in [4.78, 5) is 32.1. The number of aromatic nitrogens is 1. The minimum atomic E-state index is -0.0667. The lowest BCUT2D eigenvalue weighted by molar-refractivity contribution is -0.137. The van der Waals surface area contributed by atoms with Crippen LogP contribution >= 0.6 is 43.5 Å². The topological polar surface area (TPSA) is 50.3 Å². The first-order valence-corrected chi connectivity index (χ1v) is 14.3. The molecule has 1 aromatic carbocycles. The average Bonchev–Trinajstić information content (AvgIpc) is 2.97. The molecule has 7 heteroatoms. The van der Waals surface area contributed by atoms with Crippen molar-refractivity contribution in [3.05, 3.63) is 60.7 Å². The predicted octanol–water partition coefficient (Wildman–Crippen LogP) is 6.88. The second-order valence-electron chi connectivity index (χ2n) is 9.97. The molecule has 1 aliphatic heterocycles. The van der Waals surface area contributed by atoms with Crippen molar-refractivity contribution < 1.29 is 9.59 Å². The molecule has 2 heterocycles. The zero-order valence-electron chi connectivity index (χ0n) is 19.2. The smallest absolute Gasteiger partial charge is 0.223 e. The van der Waals surface area contributed by atoms with E-state index in [2.05, 4.69) is 44.0 Å². The molecule has 2 fully saturated rings. The number of likely N-dealkylation sites (tertiary alicyclic amines) is 1. The van der Waals surface area contributed by atoms with E-state index in [1.807, 2.05) is 17.2 Å². The monoisotopic (exact) mass is 606 g/mol. The van der Waals surface area contributed by atoms with Gasteiger partial charge in [0.05, 0.1) is 5.69 Å². The van der Waals surface area contributed by atoms with Crippen LogP contribution in [0.15, 0.2) is 33.3 Å². The molecule has 2 aromatic rings. The maximum atomic E-state index is 13.0. The Morgan fingerprint density at radius 1 is 1.03 bits per heavy atom. The summed E-state index contributed by atoms with van der Waals surface area (Å²) in [6.07, 6.45) is 9.57. The van der Waals surface area contributed by atoms with E-state index in [0.29, 0.717) is 18.8 Å². The van der Waals surface area contributed by atoms with Gasteiger partial charge in [-0.3, -0.25) is 14.6 Å². The number of Topliss-reactive ketones (excluding diaryl/α,β-unsaturated/α-hetero) is 1. The molecule has 2 atom stereocenters. The molecule has 180 valence electrons. The van der Waals surface area contributed by atoms with Gasteiger partial charge in [0.25, 0.3) is 0 Å². The van der Waals surface area contributed by atoms with E-state index in [4.69, 9.17) is 16.6 Å². The molecular weight excluding hydrogens is 580 g/mol. The summed E-state index contributed by atoms with van der Waals surface area (Å²) in [6.45, 7) is 1.49. The number of hydrogen-bond donors (Lipinski definition) is 0. The second kappa shape index (κ2) is 10.4. The Morgan fingerprint density at radius 2 is 1.79 bits per heavy atom. The first kappa shape index (κ1) is 24.5. The number of carbonyl (C=O) groups excluding carboxylic acids is 2. The van der Waals surface area contributed by atoms with E-state index in [9.17, 15) is 9.59 Å². The molecule has 1 aromatic heterocycles. The minimum absolute atomic E-state index is 0.0667. The summed E-state index contributed by atoms with van der Waals surface area (Å²) < 4.78 is 2.05. The number of halogens is 3. The van der Waals surface area contributed by atoms with Crippen molar-refractivity contribution in [3.63, 3.8) is 0 Å². The quantitative estimate of drug-likeness (QED) is 0.382. The van der Waals surface area contributed by atoms with Crippen molar-refractivity contribution in [2.45, 2.75) is 63.7 Å². The molecule has 4 nitrogen and oxygen atoms in total. The lowest BCUT2D eigenvalue weighted by Gasteiger charge is -2.37. The Hall–Kier alpha value is -1.24. The lowest BCUT2D eigenvalue weighted by Crippen LogP contribution is -2.41. The zero-order valence-corrected chi connectivity index (χ0v) is 23.1. The summed E-state index contributed by atoms with van der Waals surface area (Å²) >= 11 is 13.8. The van der Waals surface area contributed by atoms with Crippen molar-refractivity contribution >= 4 is 55.2 Å². The van der Waals surface area contributed by atoms with Crippen LogP contribution in [0.4, 0.5) is 0 Å². The van der Waals surface area contributed by atoms with Crippen LogP contribution in [0.25, 0.3) is 0 Å². The van der Waals surface area contributed by atoms with Gasteiger partial charge in [-0.1, -0.05) is 34.0 Å². The molecular formula is C27H29Br2ClN2O2. The molecule has 1 saturated carbocycles. The number of carbonyl (C=O) groups is 2. The SMILES string of the molecule is O=C1CCCCC1CC(=O)N1CCC([C@H]2c3ncc(Br)cc3CCc3cc(Cl)cc(Br)c32)CC1. The molecule has 34 heavy (non-hydrogen) atoms. The number of benzene rings is 1. The van der Waals surface area contributed by atoms with Gasteiger partial charge in [-0.2, -0.15) is 0 Å². The molecule has 3 aliphatic rings. The van der Waals surface area contributed by atoms with E-state index in [-0.39, 0.29) is 23.5 Å². The number of rotatable bonds is 3. The lowest BCUT2D eigenvalue weighted by atomic mass is 9.76. The molecule has 0 radical (unpaired) electrons. The molecule has 0 bridgehead atoms. The van der Waals surface area contributed by atoms with Crippen LogP contribution < -0.4 is 0 Å². The summed E-state index contributed by atoms with van der Waals surface area (Å²) in [5, 5.41) is 0.752. The van der Waals surface area contributed by atoms with E-state index >= 15 is 0 Å². The van der Waals surface area contributed by atoms with Crippen LogP contribution in [0.3, 0.4) is 0 Å². The van der Waals surface area contributed by atoms with Crippen LogP contribution in [0.5, 0.6) is 0 Å². The summed E-state index contributed by atoms with van der Waals surface area (Å²) in [7, 11) is 0. The number of piperidine rings is 1. The minimum Gasteiger partial charge on any atom is -0.343 e. The van der Waals surface area contributed by atoms with Crippen molar-refractivity contribution in [1.29, 1.82) is 0 Å². The van der Waals surface area contributed by atoms with Gasteiger partial charge in [-0.05, 0) is 95.3 Å². The molecule has 1 saturated heterocycles. The first-order chi connectivity index (χ1) is 16.4. The standard InChI is InChI=1S/C27H29Br2ClN2O2/c28-20-11-19-6-5-18-12-21(30)14-22(29)25(18)26(27(19)31-15-20)16-7-9-32(10-8-16)24(34)13-17-3-1-2-4-23(17)33/h11-12,14-17,26H,1-10,13H2/t17?,26-/m1/s1. The molecule has 1 unspecified atom stereocenters. The maximum Gasteiger partial charge on any atom is 0.223 e. The fourth-order valence-corrected chi connectivity index (χ4v) is 7.62. The Morgan fingerprint density at radius 3 is 2.56 bits per heavy atom. The molecule has 0 spiro atoms. The Labute approximate surface area is 223 Å². The van der Waals surface area contributed by atoms with Crippen LogP contribution in [-0.4, -0.2) is 34.7 Å². The van der Waals surface area contributed by atoms with Gasteiger partial charge in [0, 0.05) is 57.9 Å². The van der Waals surface area contributed by atoms with Gasteiger partial charge in [-0.25, -0.2) is 0 Å². The molecule has 1 amide bonds. The van der Waals surface area contributed by atoms with Crippen LogP contribution in [-0.2, 0) is 22.4 Å². The van der Waals surface area contributed by atoms with Crippen LogP contribution in [0.1, 0.15) is 73.2 Å². The average molecular weight is 609 g/mol. The van der Waals surface area contributed by atoms with E-state index in [1.54, 1.807) is 0 Å². The number of ketones is 1. The fourth-order valence-electron chi connectivity index (χ4n) is 6.12. The van der Waals surface area contributed by atoms with E-state index < -0.39 is 0 Å². The van der Waals surface area contributed by atoms with Gasteiger partial charge in [-0.15, -0.1) is 0 Å². The number of amides is 1. The zero-order chi connectivity index (χ0) is 23.8. The van der Waals surface area contributed by atoms with Crippen LogP contribution in [0.2, 0.25) is 5.02 Å². The summed E-state index contributed by atoms with van der Waals surface area (Å²) in [5.74, 6) is 0.923. The number of aryl methyl sites for hydroxylation is 2. The highest BCUT2D eigenvalue weighted by Gasteiger charge is 2.37. The van der Waals surface area contributed by atoms with Crippen molar-refractivity contribution in [3.8, 4) is 0 Å². The highest BCUT2D eigenvalue weighted by Crippen LogP contribution is 2.46. The number of hydrogen-bond acceptors (Lipinski definition) is 3. The van der Waals surface area contributed by atoms with Crippen molar-refractivity contribution in [1.82, 2.24) is 9.88 Å². The number of pyridine rings is 1. The molecule has 2 aliphatic carbocycles. The predicted molar refractivity (Wildman–Crippen MR) is 141 cm³/mol. The van der Waals surface area contributed by atoms with Gasteiger partial charge >= 0.3 is 0 Å². The van der Waals surface area contributed by atoms with Crippen LogP contribution in [0, 0.1) is 11.8 Å². The Kier molecular flexibility index (Phi) is 7.48. The van der Waals surface area contributed by atoms with Crippen molar-refractivity contribution in [2.75, 3.05) is 13.1 Å². The highest BCUT2D eigenvalue weighted by atomic mass is 79.9. The van der Waals surface area contributed by atoms with Gasteiger partial charge < -0.3 is 4.90 Å². The van der Waals surface area contributed by atoms with Gasteiger partial charge in [0.2, 0.25) is 5.91 Å². The van der Waals surface area contributed by atoms with E-state index in [1.165, 1.54) is 16.7 Å². The first-order valence-electron chi connectivity index (χ1n) is 12.3. The maximum absolute atomic E-state index is 13.0. The normalized spacial score (nSPS) is 23.3. The number of fused-ring (bicyclic) bond motifs is 2. The third-order valence-electron chi connectivity index (χ3n) is 7.88. The third-order valence-corrected chi connectivity index (χ3v) is 9.19. The number of nitrogens with zero attached hydrogens (tertiary/aromatic N) is 2.